The van der Waals surface area contributed by atoms with Crippen LogP contribution in [0.1, 0.15) is 12.6 Å². The zero-order chi connectivity index (χ0) is 11.7. The van der Waals surface area contributed by atoms with Gasteiger partial charge in [0.2, 0.25) is 0 Å². The molecule has 0 aliphatic heterocycles. The molecule has 0 N–H and O–H groups in total. The molecule has 2 aromatic carbocycles. The number of para-hydroxylation sites is 1. The molecule has 0 atom stereocenters. The molecule has 0 saturated heterocycles. The van der Waals surface area contributed by atoms with E-state index in [-0.39, 0.29) is 0 Å². The quantitative estimate of drug-likeness (QED) is 0.648. The van der Waals surface area contributed by atoms with Crippen LogP contribution in [0.5, 0.6) is 0 Å². The Labute approximate surface area is 101 Å². The number of rotatable bonds is 2. The molecule has 17 heavy (non-hydrogen) atoms. The van der Waals surface area contributed by atoms with Crippen molar-refractivity contribution in [3.05, 3.63) is 60.3 Å². The maximum absolute atomic E-state index is 4.67. The third-order valence-corrected chi connectivity index (χ3v) is 3.01. The molecule has 2 heteroatoms. The predicted molar refractivity (Wildman–Crippen MR) is 70.4 cm³/mol. The van der Waals surface area contributed by atoms with Gasteiger partial charge in [0.1, 0.15) is 0 Å². The molecule has 0 amide bonds. The minimum Gasteiger partial charge on any atom is -0.237 e. The van der Waals surface area contributed by atoms with Crippen molar-refractivity contribution in [3.63, 3.8) is 0 Å². The zero-order valence-electron chi connectivity index (χ0n) is 9.80. The first-order valence-electron chi connectivity index (χ1n) is 5.92. The molecule has 3 aromatic rings. The standard InChI is InChI=1S/C15H14N2/c1-2-15-13-10-6-7-11-14(13)16-17(15)12-8-4-3-5-9-12/h3-11H,2H2,1H3. The lowest BCUT2D eigenvalue weighted by Gasteiger charge is -2.05. The summed E-state index contributed by atoms with van der Waals surface area (Å²) in [5.74, 6) is 0. The van der Waals surface area contributed by atoms with Crippen LogP contribution in [0.2, 0.25) is 0 Å². The number of hydrogen-bond donors (Lipinski definition) is 0. The number of benzene rings is 2. The lowest BCUT2D eigenvalue weighted by atomic mass is 10.2. The summed E-state index contributed by atoms with van der Waals surface area (Å²) in [6, 6.07) is 18.6. The van der Waals surface area contributed by atoms with Crippen molar-refractivity contribution in [1.29, 1.82) is 0 Å². The fraction of sp³-hybridized carbons (Fsp3) is 0.133. The monoisotopic (exact) mass is 222 g/mol. The van der Waals surface area contributed by atoms with Gasteiger partial charge in [0, 0.05) is 5.39 Å². The lowest BCUT2D eigenvalue weighted by molar-refractivity contribution is 0.826. The van der Waals surface area contributed by atoms with Gasteiger partial charge in [-0.15, -0.1) is 0 Å². The summed E-state index contributed by atoms with van der Waals surface area (Å²) in [6.45, 7) is 2.17. The molecule has 1 aromatic heterocycles. The van der Waals surface area contributed by atoms with Gasteiger partial charge < -0.3 is 0 Å². The van der Waals surface area contributed by atoms with Gasteiger partial charge in [-0.2, -0.15) is 5.10 Å². The Bertz CT molecular complexity index is 638. The van der Waals surface area contributed by atoms with Gasteiger partial charge in [0.25, 0.3) is 0 Å². The smallest absolute Gasteiger partial charge is 0.0930 e. The number of nitrogens with zero attached hydrogens (tertiary/aromatic N) is 2. The SMILES string of the molecule is CCc1c2ccccc2nn1-c1ccccc1. The Morgan fingerprint density at radius 3 is 2.41 bits per heavy atom. The summed E-state index contributed by atoms with van der Waals surface area (Å²) < 4.78 is 2.05. The van der Waals surface area contributed by atoms with E-state index in [0.717, 1.165) is 17.6 Å². The van der Waals surface area contributed by atoms with Gasteiger partial charge in [-0.3, -0.25) is 0 Å². The highest BCUT2D eigenvalue weighted by molar-refractivity contribution is 5.82. The van der Waals surface area contributed by atoms with Crippen LogP contribution in [-0.4, -0.2) is 9.78 Å². The predicted octanol–water partition coefficient (Wildman–Crippen LogP) is 3.59. The van der Waals surface area contributed by atoms with Crippen LogP contribution in [0.25, 0.3) is 16.6 Å². The summed E-state index contributed by atoms with van der Waals surface area (Å²) in [6.07, 6.45) is 0.982. The maximum atomic E-state index is 4.67. The molecule has 0 spiro atoms. The molecule has 0 bridgehead atoms. The average Bonchev–Trinajstić information content (AvgIpc) is 2.78. The van der Waals surface area contributed by atoms with Crippen molar-refractivity contribution in [2.24, 2.45) is 0 Å². The van der Waals surface area contributed by atoms with Gasteiger partial charge in [-0.05, 0) is 24.6 Å². The second kappa shape index (κ2) is 4.06. The van der Waals surface area contributed by atoms with E-state index in [1.807, 2.05) is 28.9 Å². The number of hydrogen-bond acceptors (Lipinski definition) is 1. The average molecular weight is 222 g/mol. The molecule has 0 aliphatic carbocycles. The highest BCUT2D eigenvalue weighted by atomic mass is 15.3. The number of fused-ring (bicyclic) bond motifs is 1. The van der Waals surface area contributed by atoms with Gasteiger partial charge in [-0.25, -0.2) is 4.68 Å². The minimum absolute atomic E-state index is 0.982. The number of aryl methyl sites for hydroxylation is 1. The van der Waals surface area contributed by atoms with Crippen LogP contribution in [0.4, 0.5) is 0 Å². The molecular formula is C15H14N2. The third-order valence-electron chi connectivity index (χ3n) is 3.01. The molecule has 0 unspecified atom stereocenters. The summed E-state index contributed by atoms with van der Waals surface area (Å²) >= 11 is 0. The Morgan fingerprint density at radius 1 is 0.941 bits per heavy atom. The molecule has 0 fully saturated rings. The van der Waals surface area contributed by atoms with E-state index in [9.17, 15) is 0 Å². The van der Waals surface area contributed by atoms with E-state index in [1.165, 1.54) is 11.1 Å². The Morgan fingerprint density at radius 2 is 1.65 bits per heavy atom. The zero-order valence-corrected chi connectivity index (χ0v) is 9.80. The highest BCUT2D eigenvalue weighted by Crippen LogP contribution is 2.21. The second-order valence-electron chi connectivity index (χ2n) is 4.06. The maximum Gasteiger partial charge on any atom is 0.0930 e. The van der Waals surface area contributed by atoms with Crippen molar-refractivity contribution in [3.8, 4) is 5.69 Å². The van der Waals surface area contributed by atoms with E-state index < -0.39 is 0 Å². The van der Waals surface area contributed by atoms with Gasteiger partial charge in [-0.1, -0.05) is 43.3 Å². The summed E-state index contributed by atoms with van der Waals surface area (Å²) in [5, 5.41) is 5.92. The molecule has 0 aliphatic rings. The molecule has 1 heterocycles. The van der Waals surface area contributed by atoms with E-state index in [4.69, 9.17) is 0 Å². The van der Waals surface area contributed by atoms with Crippen LogP contribution in [0.15, 0.2) is 54.6 Å². The molecule has 2 nitrogen and oxygen atoms in total. The lowest BCUT2D eigenvalue weighted by Crippen LogP contribution is -2.00. The van der Waals surface area contributed by atoms with Gasteiger partial charge >= 0.3 is 0 Å². The van der Waals surface area contributed by atoms with Crippen LogP contribution >= 0.6 is 0 Å². The van der Waals surface area contributed by atoms with Crippen LogP contribution in [0, 0.1) is 0 Å². The largest absolute Gasteiger partial charge is 0.237 e. The molecule has 0 radical (unpaired) electrons. The topological polar surface area (TPSA) is 17.8 Å². The fourth-order valence-electron chi connectivity index (χ4n) is 2.21. The van der Waals surface area contributed by atoms with E-state index in [2.05, 4.69) is 42.4 Å². The van der Waals surface area contributed by atoms with Crippen molar-refractivity contribution in [2.75, 3.05) is 0 Å². The van der Waals surface area contributed by atoms with E-state index >= 15 is 0 Å². The summed E-state index contributed by atoms with van der Waals surface area (Å²) in [4.78, 5) is 0. The summed E-state index contributed by atoms with van der Waals surface area (Å²) in [7, 11) is 0. The second-order valence-corrected chi connectivity index (χ2v) is 4.06. The Kier molecular flexibility index (Phi) is 2.41. The number of aromatic nitrogens is 2. The third kappa shape index (κ3) is 1.62. The summed E-state index contributed by atoms with van der Waals surface area (Å²) in [5.41, 5.74) is 3.46. The van der Waals surface area contributed by atoms with Crippen molar-refractivity contribution in [2.45, 2.75) is 13.3 Å². The minimum atomic E-state index is 0.982. The van der Waals surface area contributed by atoms with Crippen LogP contribution in [0.3, 0.4) is 0 Å². The highest BCUT2D eigenvalue weighted by Gasteiger charge is 2.09. The normalized spacial score (nSPS) is 10.9. The van der Waals surface area contributed by atoms with Gasteiger partial charge in [0.15, 0.2) is 0 Å². The van der Waals surface area contributed by atoms with Crippen LogP contribution in [-0.2, 0) is 6.42 Å². The van der Waals surface area contributed by atoms with E-state index in [0.29, 0.717) is 0 Å². The Balaban J connectivity index is 2.30. The molecular weight excluding hydrogens is 208 g/mol. The van der Waals surface area contributed by atoms with Crippen molar-refractivity contribution in [1.82, 2.24) is 9.78 Å². The van der Waals surface area contributed by atoms with Crippen molar-refractivity contribution >= 4 is 10.9 Å². The Hall–Kier alpha value is -2.09. The molecule has 0 saturated carbocycles. The van der Waals surface area contributed by atoms with Crippen molar-refractivity contribution < 1.29 is 0 Å². The first-order valence-corrected chi connectivity index (χ1v) is 5.92. The first kappa shape index (κ1) is 10.1. The van der Waals surface area contributed by atoms with Gasteiger partial charge in [0.05, 0.1) is 16.9 Å². The molecule has 84 valence electrons. The fourth-order valence-corrected chi connectivity index (χ4v) is 2.21. The van der Waals surface area contributed by atoms with Crippen LogP contribution < -0.4 is 0 Å². The molecule has 3 rings (SSSR count). The van der Waals surface area contributed by atoms with E-state index in [1.54, 1.807) is 0 Å². The first-order chi connectivity index (χ1) is 8.40.